The van der Waals surface area contributed by atoms with E-state index in [1.807, 2.05) is 5.32 Å². The Morgan fingerprint density at radius 1 is 1.07 bits per heavy atom. The van der Waals surface area contributed by atoms with Gasteiger partial charge < -0.3 is 14.6 Å². The van der Waals surface area contributed by atoms with Gasteiger partial charge in [0, 0.05) is 0 Å². The Kier molecular flexibility index (Phi) is 5.82. The van der Waals surface area contributed by atoms with Gasteiger partial charge in [0.05, 0.1) is 19.9 Å². The van der Waals surface area contributed by atoms with Crippen LogP contribution in [0.15, 0.2) is 48.5 Å². The number of phenolic OH excluding ortho intramolecular Hbond substituents is 1. The molecule has 0 radical (unpaired) electrons. The summed E-state index contributed by atoms with van der Waals surface area (Å²) in [6.07, 6.45) is 2.43. The molecule has 4 amide bonds. The van der Waals surface area contributed by atoms with E-state index in [0.717, 1.165) is 6.08 Å². The van der Waals surface area contributed by atoms with Crippen LogP contribution in [0.4, 0.5) is 10.5 Å². The molecule has 0 aliphatic carbocycles. The monoisotopic (exact) mass is 410 g/mol. The third-order valence-corrected chi connectivity index (χ3v) is 4.42. The summed E-state index contributed by atoms with van der Waals surface area (Å²) in [6.45, 7) is 0. The standard InChI is InChI=1S/C21H18N2O7/c1-29-16-6-4-3-5-13(16)23-20(27)18(19(26)22-21(23)28)15(25)10-8-12-7-9-14(24)17(11-12)30-2/h3-11,18,24H,1-2H3,(H,22,26,28)/b10-8+/t18-/m1/s1. The highest BCUT2D eigenvalue weighted by molar-refractivity contribution is 6.36. The molecule has 0 saturated carbocycles. The van der Waals surface area contributed by atoms with Crippen molar-refractivity contribution in [3.8, 4) is 17.2 Å². The Hall–Kier alpha value is -4.14. The van der Waals surface area contributed by atoms with Gasteiger partial charge in [0.25, 0.3) is 5.91 Å². The lowest BCUT2D eigenvalue weighted by molar-refractivity contribution is -0.139. The number of barbiturate groups is 1. The van der Waals surface area contributed by atoms with E-state index in [0.29, 0.717) is 10.5 Å². The number of anilines is 1. The molecule has 0 spiro atoms. The van der Waals surface area contributed by atoms with Crippen molar-refractivity contribution in [1.29, 1.82) is 0 Å². The molecular weight excluding hydrogens is 392 g/mol. The fourth-order valence-electron chi connectivity index (χ4n) is 2.94. The highest BCUT2D eigenvalue weighted by Crippen LogP contribution is 2.31. The predicted octanol–water partition coefficient (Wildman–Crippen LogP) is 1.89. The molecule has 1 heterocycles. The summed E-state index contributed by atoms with van der Waals surface area (Å²) in [5, 5.41) is 11.7. The molecule has 0 bridgehead atoms. The molecule has 2 aromatic rings. The van der Waals surface area contributed by atoms with Crippen LogP contribution in [0.2, 0.25) is 0 Å². The molecule has 1 aliphatic heterocycles. The molecule has 1 aliphatic rings. The average molecular weight is 410 g/mol. The van der Waals surface area contributed by atoms with Crippen LogP contribution in [0.1, 0.15) is 5.56 Å². The van der Waals surface area contributed by atoms with Gasteiger partial charge in [-0.15, -0.1) is 0 Å². The van der Waals surface area contributed by atoms with Crippen LogP contribution in [0, 0.1) is 5.92 Å². The molecule has 154 valence electrons. The Morgan fingerprint density at radius 2 is 1.77 bits per heavy atom. The van der Waals surface area contributed by atoms with Gasteiger partial charge in [-0.2, -0.15) is 0 Å². The fraction of sp³-hybridized carbons (Fsp3) is 0.143. The Morgan fingerprint density at radius 3 is 2.47 bits per heavy atom. The lowest BCUT2D eigenvalue weighted by Gasteiger charge is -2.29. The second-order valence-electron chi connectivity index (χ2n) is 6.24. The molecule has 2 aromatic carbocycles. The summed E-state index contributed by atoms with van der Waals surface area (Å²) in [4.78, 5) is 50.7. The van der Waals surface area contributed by atoms with Crippen molar-refractivity contribution in [2.75, 3.05) is 19.1 Å². The van der Waals surface area contributed by atoms with Gasteiger partial charge in [0.15, 0.2) is 23.2 Å². The number of benzene rings is 2. The maximum Gasteiger partial charge on any atom is 0.335 e. The number of phenols is 1. The normalized spacial score (nSPS) is 16.5. The first kappa shape index (κ1) is 20.6. The first-order chi connectivity index (χ1) is 14.4. The summed E-state index contributed by atoms with van der Waals surface area (Å²) < 4.78 is 10.2. The minimum Gasteiger partial charge on any atom is -0.504 e. The van der Waals surface area contributed by atoms with E-state index < -0.39 is 29.5 Å². The number of carbonyl (C=O) groups is 4. The van der Waals surface area contributed by atoms with Crippen molar-refractivity contribution in [2.24, 2.45) is 5.92 Å². The number of rotatable bonds is 6. The van der Waals surface area contributed by atoms with Crippen LogP contribution in [-0.4, -0.2) is 43.0 Å². The van der Waals surface area contributed by atoms with Gasteiger partial charge in [0.2, 0.25) is 5.91 Å². The number of methoxy groups -OCH3 is 2. The largest absolute Gasteiger partial charge is 0.504 e. The molecule has 9 heteroatoms. The van der Waals surface area contributed by atoms with Gasteiger partial charge in [-0.05, 0) is 35.9 Å². The van der Waals surface area contributed by atoms with Crippen LogP contribution in [0.3, 0.4) is 0 Å². The number of aromatic hydroxyl groups is 1. The predicted molar refractivity (Wildman–Crippen MR) is 106 cm³/mol. The van der Waals surface area contributed by atoms with E-state index in [1.165, 1.54) is 44.6 Å². The molecule has 1 saturated heterocycles. The maximum absolute atomic E-state index is 12.9. The minimum absolute atomic E-state index is 0.0752. The molecule has 1 atom stereocenters. The van der Waals surface area contributed by atoms with E-state index in [2.05, 4.69) is 0 Å². The lowest BCUT2D eigenvalue weighted by atomic mass is 9.98. The van der Waals surface area contributed by atoms with E-state index in [4.69, 9.17) is 9.47 Å². The number of amides is 4. The van der Waals surface area contributed by atoms with Gasteiger partial charge in [-0.25, -0.2) is 9.69 Å². The molecule has 3 rings (SSSR count). The third-order valence-electron chi connectivity index (χ3n) is 4.42. The number of nitrogens with zero attached hydrogens (tertiary/aromatic N) is 1. The Bertz CT molecular complexity index is 1060. The van der Waals surface area contributed by atoms with E-state index >= 15 is 0 Å². The number of hydrogen-bond donors (Lipinski definition) is 2. The van der Waals surface area contributed by atoms with Crippen LogP contribution >= 0.6 is 0 Å². The minimum atomic E-state index is -1.73. The maximum atomic E-state index is 12.9. The Balaban J connectivity index is 1.89. The summed E-state index contributed by atoms with van der Waals surface area (Å²) >= 11 is 0. The van der Waals surface area contributed by atoms with Crippen molar-refractivity contribution < 1.29 is 33.8 Å². The van der Waals surface area contributed by atoms with Crippen LogP contribution in [0.25, 0.3) is 6.08 Å². The molecule has 0 unspecified atom stereocenters. The van der Waals surface area contributed by atoms with Crippen molar-refractivity contribution >= 4 is 35.4 Å². The number of imide groups is 2. The third kappa shape index (κ3) is 3.86. The molecule has 30 heavy (non-hydrogen) atoms. The van der Waals surface area contributed by atoms with Crippen molar-refractivity contribution in [3.63, 3.8) is 0 Å². The van der Waals surface area contributed by atoms with Crippen LogP contribution < -0.4 is 19.7 Å². The zero-order valence-electron chi connectivity index (χ0n) is 16.1. The quantitative estimate of drug-likeness (QED) is 0.551. The van der Waals surface area contributed by atoms with Crippen molar-refractivity contribution in [1.82, 2.24) is 5.32 Å². The van der Waals surface area contributed by atoms with Crippen LogP contribution in [-0.2, 0) is 14.4 Å². The van der Waals surface area contributed by atoms with Gasteiger partial charge >= 0.3 is 6.03 Å². The Labute approximate surface area is 171 Å². The number of ketones is 1. The summed E-state index contributed by atoms with van der Waals surface area (Å²) in [7, 11) is 2.75. The van der Waals surface area contributed by atoms with Gasteiger partial charge in [0.1, 0.15) is 5.75 Å². The number of para-hydroxylation sites is 2. The van der Waals surface area contributed by atoms with Crippen LogP contribution in [0.5, 0.6) is 17.2 Å². The SMILES string of the molecule is COc1cc(/C=C/C(=O)[C@@H]2C(=O)NC(=O)N(c3ccccc3OC)C2=O)ccc1O. The number of carbonyl (C=O) groups excluding carboxylic acids is 4. The zero-order chi connectivity index (χ0) is 21.8. The van der Waals surface area contributed by atoms with Gasteiger partial charge in [-0.3, -0.25) is 19.7 Å². The first-order valence-corrected chi connectivity index (χ1v) is 8.78. The molecule has 1 fully saturated rings. The number of nitrogens with one attached hydrogen (secondary N) is 1. The summed E-state index contributed by atoms with van der Waals surface area (Å²) in [5.41, 5.74) is 0.611. The number of hydrogen-bond acceptors (Lipinski definition) is 7. The highest BCUT2D eigenvalue weighted by Gasteiger charge is 2.45. The van der Waals surface area contributed by atoms with Gasteiger partial charge in [-0.1, -0.05) is 24.3 Å². The van der Waals surface area contributed by atoms with E-state index in [-0.39, 0.29) is 22.9 Å². The summed E-state index contributed by atoms with van der Waals surface area (Å²) in [5.74, 6) is -4.17. The average Bonchev–Trinajstić information content (AvgIpc) is 2.73. The zero-order valence-corrected chi connectivity index (χ0v) is 16.1. The number of urea groups is 1. The number of ether oxygens (including phenoxy) is 2. The van der Waals surface area contributed by atoms with Crippen molar-refractivity contribution in [3.05, 3.63) is 54.1 Å². The first-order valence-electron chi connectivity index (χ1n) is 8.78. The topological polar surface area (TPSA) is 122 Å². The lowest BCUT2D eigenvalue weighted by Crippen LogP contribution is -2.60. The van der Waals surface area contributed by atoms with E-state index in [1.54, 1.807) is 18.2 Å². The molecular formula is C21H18N2O7. The van der Waals surface area contributed by atoms with E-state index in [9.17, 15) is 24.3 Å². The second-order valence-corrected chi connectivity index (χ2v) is 6.24. The fourth-order valence-corrected chi connectivity index (χ4v) is 2.94. The highest BCUT2D eigenvalue weighted by atomic mass is 16.5. The molecule has 2 N–H and O–H groups in total. The number of allylic oxidation sites excluding steroid dienone is 1. The van der Waals surface area contributed by atoms with Crippen molar-refractivity contribution in [2.45, 2.75) is 0 Å². The smallest absolute Gasteiger partial charge is 0.335 e. The molecule has 9 nitrogen and oxygen atoms in total. The second kappa shape index (κ2) is 8.48. The molecule has 0 aromatic heterocycles. The summed E-state index contributed by atoms with van der Waals surface area (Å²) in [6, 6.07) is 9.66.